The highest BCUT2D eigenvalue weighted by Crippen LogP contribution is 1.94. The molecule has 0 aliphatic rings. The van der Waals surface area contributed by atoms with Crippen molar-refractivity contribution in [2.75, 3.05) is 17.9 Å². The van der Waals surface area contributed by atoms with Gasteiger partial charge in [-0.15, -0.1) is 0 Å². The van der Waals surface area contributed by atoms with E-state index in [4.69, 9.17) is 0 Å². The van der Waals surface area contributed by atoms with Gasteiger partial charge in [0, 0.05) is 6.26 Å². The largest absolute Gasteiger partial charge is 0.268 e. The minimum atomic E-state index is -3.63. The van der Waals surface area contributed by atoms with Gasteiger partial charge in [-0.2, -0.15) is 8.42 Å². The molecular formula is C4H10O5S2. The summed E-state index contributed by atoms with van der Waals surface area (Å²) in [5.41, 5.74) is 0. The van der Waals surface area contributed by atoms with Crippen molar-refractivity contribution in [1.82, 2.24) is 0 Å². The lowest BCUT2D eigenvalue weighted by Crippen LogP contribution is -2.14. The Bertz CT molecular complexity index is 297. The Morgan fingerprint density at radius 3 is 1.91 bits per heavy atom. The third-order valence-corrected chi connectivity index (χ3v) is 2.67. The Hall–Kier alpha value is -0.140. The van der Waals surface area contributed by atoms with E-state index >= 15 is 0 Å². The molecule has 0 spiro atoms. The van der Waals surface area contributed by atoms with Crippen LogP contribution in [0.4, 0.5) is 0 Å². The van der Waals surface area contributed by atoms with Crippen molar-refractivity contribution in [3.63, 3.8) is 0 Å². The minimum Gasteiger partial charge on any atom is -0.254 e. The van der Waals surface area contributed by atoms with Crippen LogP contribution in [-0.2, 0) is 24.1 Å². The summed E-state index contributed by atoms with van der Waals surface area (Å²) in [4.78, 5) is 0. The van der Waals surface area contributed by atoms with E-state index in [1.807, 2.05) is 0 Å². The molecule has 11 heavy (non-hydrogen) atoms. The van der Waals surface area contributed by atoms with Crippen LogP contribution in [0.2, 0.25) is 0 Å². The number of rotatable bonds is 4. The fraction of sp³-hybridized carbons (Fsp3) is 1.00. The van der Waals surface area contributed by atoms with Gasteiger partial charge >= 0.3 is 0 Å². The summed E-state index contributed by atoms with van der Waals surface area (Å²) in [6.45, 7) is 1.37. The third kappa shape index (κ3) is 6.27. The van der Waals surface area contributed by atoms with Crippen LogP contribution in [0.15, 0.2) is 0 Å². The molecule has 0 rings (SSSR count). The first-order valence-electron chi connectivity index (χ1n) is 2.81. The highest BCUT2D eigenvalue weighted by atomic mass is 32.2. The van der Waals surface area contributed by atoms with Crippen LogP contribution in [0.5, 0.6) is 0 Å². The normalized spacial score (nSPS) is 13.3. The average molecular weight is 202 g/mol. The smallest absolute Gasteiger partial charge is 0.254 e. The molecule has 5 nitrogen and oxygen atoms in total. The van der Waals surface area contributed by atoms with Crippen molar-refractivity contribution in [1.29, 1.82) is 0 Å². The number of hydrogen-bond acceptors (Lipinski definition) is 5. The van der Waals surface area contributed by atoms with Crippen molar-refractivity contribution >= 4 is 20.0 Å². The SMILES string of the molecule is CCS(=O)(=O)OCS(C)(=O)=O. The monoisotopic (exact) mass is 202 g/mol. The summed E-state index contributed by atoms with van der Waals surface area (Å²) >= 11 is 0. The Morgan fingerprint density at radius 1 is 1.18 bits per heavy atom. The Morgan fingerprint density at radius 2 is 1.64 bits per heavy atom. The summed E-state index contributed by atoms with van der Waals surface area (Å²) < 4.78 is 46.1. The maximum atomic E-state index is 10.6. The van der Waals surface area contributed by atoms with E-state index in [2.05, 4.69) is 4.18 Å². The lowest BCUT2D eigenvalue weighted by atomic mass is 11.0. The summed E-state index contributed by atoms with van der Waals surface area (Å²) in [6, 6.07) is 0. The van der Waals surface area contributed by atoms with Crippen LogP contribution in [0, 0.1) is 0 Å². The highest BCUT2D eigenvalue weighted by Gasteiger charge is 2.11. The summed E-state index contributed by atoms with van der Waals surface area (Å²) in [5.74, 6) is -0.994. The molecule has 0 saturated heterocycles. The second kappa shape index (κ2) is 3.51. The second-order valence-corrected chi connectivity index (χ2v) is 6.02. The van der Waals surface area contributed by atoms with Crippen LogP contribution in [0.25, 0.3) is 0 Å². The molecule has 0 aliphatic heterocycles. The molecule has 0 aromatic rings. The van der Waals surface area contributed by atoms with Gasteiger partial charge in [-0.1, -0.05) is 0 Å². The Kier molecular flexibility index (Phi) is 3.46. The van der Waals surface area contributed by atoms with Crippen LogP contribution in [0.3, 0.4) is 0 Å². The zero-order valence-corrected chi connectivity index (χ0v) is 7.90. The first-order valence-corrected chi connectivity index (χ1v) is 6.45. The predicted molar refractivity (Wildman–Crippen MR) is 40.3 cm³/mol. The average Bonchev–Trinajstić information content (AvgIpc) is 1.83. The van der Waals surface area contributed by atoms with E-state index < -0.39 is 25.9 Å². The topological polar surface area (TPSA) is 77.5 Å². The van der Waals surface area contributed by atoms with Gasteiger partial charge in [0.1, 0.15) is 0 Å². The van der Waals surface area contributed by atoms with Crippen LogP contribution in [-0.4, -0.2) is 34.8 Å². The molecule has 0 aromatic carbocycles. The van der Waals surface area contributed by atoms with E-state index in [9.17, 15) is 16.8 Å². The third-order valence-electron chi connectivity index (χ3n) is 0.795. The Balaban J connectivity index is 4.13. The van der Waals surface area contributed by atoms with E-state index in [1.165, 1.54) is 6.92 Å². The van der Waals surface area contributed by atoms with Gasteiger partial charge in [-0.05, 0) is 6.92 Å². The van der Waals surface area contributed by atoms with E-state index in [0.717, 1.165) is 6.26 Å². The van der Waals surface area contributed by atoms with Crippen LogP contribution >= 0.6 is 0 Å². The molecule has 0 amide bonds. The molecule has 0 heterocycles. The Labute approximate surface area is 66.4 Å². The van der Waals surface area contributed by atoms with Crippen molar-refractivity contribution in [3.05, 3.63) is 0 Å². The van der Waals surface area contributed by atoms with E-state index in [0.29, 0.717) is 0 Å². The quantitative estimate of drug-likeness (QED) is 0.566. The molecule has 7 heteroatoms. The standard InChI is InChI=1S/C4H10O5S2/c1-3-11(7,8)9-4-10(2,5)6/h3-4H2,1-2H3. The van der Waals surface area contributed by atoms with E-state index in [-0.39, 0.29) is 5.75 Å². The van der Waals surface area contributed by atoms with Crippen molar-refractivity contribution in [2.24, 2.45) is 0 Å². The highest BCUT2D eigenvalue weighted by molar-refractivity contribution is 7.92. The second-order valence-electron chi connectivity index (χ2n) is 2.01. The van der Waals surface area contributed by atoms with Crippen LogP contribution < -0.4 is 0 Å². The molecular weight excluding hydrogens is 192 g/mol. The van der Waals surface area contributed by atoms with Gasteiger partial charge in [-0.3, -0.25) is 4.18 Å². The maximum Gasteiger partial charge on any atom is 0.268 e. The predicted octanol–water partition coefficient (Wildman–Crippen LogP) is -0.645. The van der Waals surface area contributed by atoms with Crippen LogP contribution in [0.1, 0.15) is 6.92 Å². The molecule has 68 valence electrons. The lowest BCUT2D eigenvalue weighted by molar-refractivity contribution is 0.370. The molecule has 0 bridgehead atoms. The lowest BCUT2D eigenvalue weighted by Gasteiger charge is -1.99. The molecule has 0 saturated carbocycles. The maximum absolute atomic E-state index is 10.6. The van der Waals surface area contributed by atoms with E-state index in [1.54, 1.807) is 0 Å². The molecule has 0 fully saturated rings. The summed E-state index contributed by atoms with van der Waals surface area (Å²) in [5, 5.41) is 0. The summed E-state index contributed by atoms with van der Waals surface area (Å²) in [7, 11) is -7.00. The first-order chi connectivity index (χ1) is 4.77. The number of hydrogen-bond donors (Lipinski definition) is 0. The minimum absolute atomic E-state index is 0.220. The number of sulfone groups is 1. The zero-order chi connectivity index (χ0) is 9.12. The van der Waals surface area contributed by atoms with Gasteiger partial charge in [0.25, 0.3) is 10.1 Å². The van der Waals surface area contributed by atoms with Gasteiger partial charge in [0.15, 0.2) is 15.8 Å². The summed E-state index contributed by atoms with van der Waals surface area (Å²) in [6.07, 6.45) is 0.901. The van der Waals surface area contributed by atoms with Gasteiger partial charge in [-0.25, -0.2) is 8.42 Å². The fourth-order valence-electron chi connectivity index (χ4n) is 0.244. The van der Waals surface area contributed by atoms with Gasteiger partial charge in [0.05, 0.1) is 5.75 Å². The van der Waals surface area contributed by atoms with Gasteiger partial charge in [0.2, 0.25) is 0 Å². The van der Waals surface area contributed by atoms with Crippen molar-refractivity contribution in [2.45, 2.75) is 6.92 Å². The van der Waals surface area contributed by atoms with Gasteiger partial charge < -0.3 is 0 Å². The molecule has 0 radical (unpaired) electrons. The molecule has 0 atom stereocenters. The molecule has 0 N–H and O–H groups in total. The van der Waals surface area contributed by atoms with Crippen molar-refractivity contribution < 1.29 is 21.0 Å². The molecule has 0 unspecified atom stereocenters. The molecule has 0 aromatic heterocycles. The first kappa shape index (κ1) is 10.9. The zero-order valence-electron chi connectivity index (χ0n) is 6.27. The van der Waals surface area contributed by atoms with Crippen molar-refractivity contribution in [3.8, 4) is 0 Å². The fourth-order valence-corrected chi connectivity index (χ4v) is 1.70. The molecule has 0 aliphatic carbocycles.